The van der Waals surface area contributed by atoms with E-state index < -0.39 is 6.09 Å². The third kappa shape index (κ3) is 3.64. The normalized spacial score (nSPS) is 16.7. The Balaban J connectivity index is 2.28. The molecule has 0 atom stereocenters. The predicted molar refractivity (Wildman–Crippen MR) is 81.6 cm³/mol. The van der Waals surface area contributed by atoms with Gasteiger partial charge in [0, 0.05) is 17.3 Å². The number of aryl methyl sites for hydroxylation is 1. The van der Waals surface area contributed by atoms with Gasteiger partial charge < -0.3 is 5.11 Å². The number of rotatable bonds is 3. The predicted octanol–water partition coefficient (Wildman–Crippen LogP) is 3.53. The fourth-order valence-electron chi connectivity index (χ4n) is 2.65. The topological polar surface area (TPSA) is 66.3 Å². The van der Waals surface area contributed by atoms with Gasteiger partial charge in [0.25, 0.3) is 0 Å². The first-order valence-electron chi connectivity index (χ1n) is 7.23. The fourth-order valence-corrected chi connectivity index (χ4v) is 2.92. The quantitative estimate of drug-likeness (QED) is 0.867. The zero-order chi connectivity index (χ0) is 15.8. The summed E-state index contributed by atoms with van der Waals surface area (Å²) in [5, 5.41) is 9.69. The van der Waals surface area contributed by atoms with E-state index >= 15 is 0 Å². The van der Waals surface area contributed by atoms with E-state index in [1.807, 2.05) is 13.8 Å². The van der Waals surface area contributed by atoms with Crippen molar-refractivity contribution in [3.8, 4) is 0 Å². The standard InChI is InChI=1S/C15H22ClN3O2/c1-9(2)19(14(20)21)8-12-17-11-5-6-15(3,4)7-10(11)13(16)18-12/h9H,5-8H2,1-4H3,(H,20,21). The van der Waals surface area contributed by atoms with Crippen molar-refractivity contribution in [2.45, 2.75) is 59.5 Å². The Bertz CT molecular complexity index is 558. The van der Waals surface area contributed by atoms with Crippen molar-refractivity contribution >= 4 is 17.7 Å². The molecule has 1 N–H and O–H groups in total. The van der Waals surface area contributed by atoms with Gasteiger partial charge in [0.2, 0.25) is 0 Å². The number of nitrogens with zero attached hydrogens (tertiary/aromatic N) is 3. The molecule has 1 aliphatic rings. The maximum atomic E-state index is 11.2. The van der Waals surface area contributed by atoms with Gasteiger partial charge in [-0.05, 0) is 38.5 Å². The lowest BCUT2D eigenvalue weighted by molar-refractivity contribution is 0.127. The van der Waals surface area contributed by atoms with Crippen molar-refractivity contribution in [1.29, 1.82) is 0 Å². The van der Waals surface area contributed by atoms with E-state index in [-0.39, 0.29) is 18.0 Å². The number of aromatic nitrogens is 2. The minimum Gasteiger partial charge on any atom is -0.465 e. The van der Waals surface area contributed by atoms with Crippen LogP contribution in [0.2, 0.25) is 5.15 Å². The average Bonchev–Trinajstić information content (AvgIpc) is 2.35. The third-order valence-corrected chi connectivity index (χ3v) is 4.28. The molecule has 0 fully saturated rings. The van der Waals surface area contributed by atoms with Crippen LogP contribution in [-0.4, -0.2) is 32.1 Å². The van der Waals surface area contributed by atoms with Crippen LogP contribution in [0.1, 0.15) is 51.2 Å². The lowest BCUT2D eigenvalue weighted by Gasteiger charge is -2.31. The molecule has 1 aromatic heterocycles. The number of hydrogen-bond acceptors (Lipinski definition) is 3. The zero-order valence-electron chi connectivity index (χ0n) is 13.0. The molecule has 0 aromatic carbocycles. The summed E-state index contributed by atoms with van der Waals surface area (Å²) >= 11 is 6.30. The lowest BCUT2D eigenvalue weighted by atomic mass is 9.76. The van der Waals surface area contributed by atoms with E-state index in [0.717, 1.165) is 30.5 Å². The van der Waals surface area contributed by atoms with E-state index in [1.165, 1.54) is 4.90 Å². The van der Waals surface area contributed by atoms with Gasteiger partial charge in [0.15, 0.2) is 0 Å². The van der Waals surface area contributed by atoms with Crippen LogP contribution in [0.15, 0.2) is 0 Å². The molecule has 0 saturated carbocycles. The molecule has 6 heteroatoms. The maximum Gasteiger partial charge on any atom is 0.407 e. The Labute approximate surface area is 130 Å². The highest BCUT2D eigenvalue weighted by Crippen LogP contribution is 2.36. The van der Waals surface area contributed by atoms with Crippen molar-refractivity contribution in [3.63, 3.8) is 0 Å². The number of amides is 1. The van der Waals surface area contributed by atoms with Crippen LogP contribution in [-0.2, 0) is 19.4 Å². The Kier molecular flexibility index (Phi) is 4.42. The first kappa shape index (κ1) is 16.0. The smallest absolute Gasteiger partial charge is 0.407 e. The number of halogens is 1. The van der Waals surface area contributed by atoms with Crippen LogP contribution in [0.25, 0.3) is 0 Å². The summed E-state index contributed by atoms with van der Waals surface area (Å²) in [6, 6.07) is -0.125. The average molecular weight is 312 g/mol. The molecule has 1 amide bonds. The van der Waals surface area contributed by atoms with Gasteiger partial charge >= 0.3 is 6.09 Å². The van der Waals surface area contributed by atoms with Crippen molar-refractivity contribution < 1.29 is 9.90 Å². The van der Waals surface area contributed by atoms with Crippen LogP contribution in [0.4, 0.5) is 4.79 Å². The molecule has 0 radical (unpaired) electrons. The summed E-state index contributed by atoms with van der Waals surface area (Å²) in [5.74, 6) is 0.481. The van der Waals surface area contributed by atoms with Gasteiger partial charge in [-0.15, -0.1) is 0 Å². The summed E-state index contributed by atoms with van der Waals surface area (Å²) in [4.78, 5) is 21.4. The molecule has 116 valence electrons. The summed E-state index contributed by atoms with van der Waals surface area (Å²) in [5.41, 5.74) is 2.20. The van der Waals surface area contributed by atoms with Crippen molar-refractivity contribution in [2.75, 3.05) is 0 Å². The molecule has 21 heavy (non-hydrogen) atoms. The largest absolute Gasteiger partial charge is 0.465 e. The summed E-state index contributed by atoms with van der Waals surface area (Å²) < 4.78 is 0. The van der Waals surface area contributed by atoms with Gasteiger partial charge in [0.05, 0.1) is 6.54 Å². The minimum absolute atomic E-state index is 0.125. The molecular formula is C15H22ClN3O2. The van der Waals surface area contributed by atoms with E-state index in [1.54, 1.807) is 0 Å². The molecule has 1 heterocycles. The van der Waals surface area contributed by atoms with Crippen LogP contribution in [0.5, 0.6) is 0 Å². The minimum atomic E-state index is -0.969. The van der Waals surface area contributed by atoms with Crippen LogP contribution in [0, 0.1) is 5.41 Å². The number of fused-ring (bicyclic) bond motifs is 1. The zero-order valence-corrected chi connectivity index (χ0v) is 13.7. The number of carboxylic acid groups (broad SMARTS) is 1. The highest BCUT2D eigenvalue weighted by atomic mass is 35.5. The molecule has 1 aromatic rings. The number of hydrogen-bond donors (Lipinski definition) is 1. The maximum absolute atomic E-state index is 11.2. The second kappa shape index (κ2) is 5.79. The highest BCUT2D eigenvalue weighted by molar-refractivity contribution is 6.30. The Morgan fingerprint density at radius 2 is 2.10 bits per heavy atom. The molecule has 0 aliphatic heterocycles. The van der Waals surface area contributed by atoms with Crippen molar-refractivity contribution in [3.05, 3.63) is 22.2 Å². The Morgan fingerprint density at radius 3 is 2.67 bits per heavy atom. The van der Waals surface area contributed by atoms with Gasteiger partial charge in [-0.3, -0.25) is 4.90 Å². The van der Waals surface area contributed by atoms with Crippen molar-refractivity contribution in [2.24, 2.45) is 5.41 Å². The van der Waals surface area contributed by atoms with Gasteiger partial charge in [-0.1, -0.05) is 25.4 Å². The van der Waals surface area contributed by atoms with E-state index in [2.05, 4.69) is 23.8 Å². The molecule has 0 spiro atoms. The van der Waals surface area contributed by atoms with Gasteiger partial charge in [0.1, 0.15) is 11.0 Å². The molecular weight excluding hydrogens is 290 g/mol. The summed E-state index contributed by atoms with van der Waals surface area (Å²) in [6.45, 7) is 8.26. The molecule has 2 rings (SSSR count). The van der Waals surface area contributed by atoms with Gasteiger partial charge in [-0.25, -0.2) is 14.8 Å². The SMILES string of the molecule is CC(C)N(Cc1nc(Cl)c2c(n1)CCC(C)(C)C2)C(=O)O. The molecule has 0 saturated heterocycles. The highest BCUT2D eigenvalue weighted by Gasteiger charge is 2.29. The Hall–Kier alpha value is -1.36. The molecule has 0 bridgehead atoms. The molecule has 1 aliphatic carbocycles. The summed E-state index contributed by atoms with van der Waals surface area (Å²) in [6.07, 6.45) is 1.82. The second-order valence-corrected chi connectivity index (χ2v) is 7.06. The van der Waals surface area contributed by atoms with E-state index in [9.17, 15) is 9.90 Å². The number of carbonyl (C=O) groups is 1. The van der Waals surface area contributed by atoms with E-state index in [0.29, 0.717) is 11.0 Å². The Morgan fingerprint density at radius 1 is 1.43 bits per heavy atom. The second-order valence-electron chi connectivity index (χ2n) is 6.70. The monoisotopic (exact) mass is 311 g/mol. The van der Waals surface area contributed by atoms with Gasteiger partial charge in [-0.2, -0.15) is 0 Å². The van der Waals surface area contributed by atoms with E-state index in [4.69, 9.17) is 11.6 Å². The first-order valence-corrected chi connectivity index (χ1v) is 7.61. The van der Waals surface area contributed by atoms with Crippen LogP contribution < -0.4 is 0 Å². The lowest BCUT2D eigenvalue weighted by Crippen LogP contribution is -2.36. The fraction of sp³-hybridized carbons (Fsp3) is 0.667. The van der Waals surface area contributed by atoms with Crippen molar-refractivity contribution in [1.82, 2.24) is 14.9 Å². The molecule has 0 unspecified atom stereocenters. The van der Waals surface area contributed by atoms with Crippen LogP contribution in [0.3, 0.4) is 0 Å². The first-order chi connectivity index (χ1) is 9.69. The molecule has 5 nitrogen and oxygen atoms in total. The van der Waals surface area contributed by atoms with Crippen LogP contribution >= 0.6 is 11.6 Å². The third-order valence-electron chi connectivity index (χ3n) is 3.96. The summed E-state index contributed by atoms with van der Waals surface area (Å²) in [7, 11) is 0.